The van der Waals surface area contributed by atoms with Gasteiger partial charge in [0.15, 0.2) is 5.41 Å². The molecule has 0 N–H and O–H groups in total. The average molecular weight is 549 g/mol. The monoisotopic (exact) mass is 548 g/mol. The molecule has 3 heterocycles. The number of amides is 1. The van der Waals surface area contributed by atoms with Crippen molar-refractivity contribution in [3.63, 3.8) is 0 Å². The van der Waals surface area contributed by atoms with E-state index in [1.54, 1.807) is 42.6 Å². The molecule has 1 aromatic carbocycles. The largest absolute Gasteiger partial charge is 0.469 e. The summed E-state index contributed by atoms with van der Waals surface area (Å²) in [7, 11) is 2.34. The molecule has 0 aliphatic carbocycles. The number of hydrogen-bond donors (Lipinski definition) is 0. The normalized spacial score (nSPS) is 23.0. The number of allylic oxidation sites excluding steroid dienone is 2. The molecule has 0 unspecified atom stereocenters. The van der Waals surface area contributed by atoms with Gasteiger partial charge in [0.2, 0.25) is 5.91 Å². The maximum Gasteiger partial charge on any atom is 0.337 e. The Labute approximate surface area is 216 Å². The van der Waals surface area contributed by atoms with Gasteiger partial charge < -0.3 is 19.3 Å². The van der Waals surface area contributed by atoms with Gasteiger partial charge in [0.05, 0.1) is 44.4 Å². The molecule has 0 bridgehead atoms. The molecule has 0 radical (unpaired) electrons. The fraction of sp³-hybridized carbons (Fsp3) is 0.269. The van der Waals surface area contributed by atoms with Crippen molar-refractivity contribution in [1.82, 2.24) is 4.90 Å². The van der Waals surface area contributed by atoms with Crippen LogP contribution >= 0.6 is 15.9 Å². The fourth-order valence-electron chi connectivity index (χ4n) is 5.36. The minimum atomic E-state index is -2.13. The average Bonchev–Trinajstić information content (AvgIpc) is 3.12. The molecule has 4 rings (SSSR count). The van der Waals surface area contributed by atoms with Gasteiger partial charge in [0.1, 0.15) is 5.41 Å². The molecule has 0 saturated heterocycles. The lowest BCUT2D eigenvalue weighted by Gasteiger charge is -2.52. The van der Waals surface area contributed by atoms with E-state index in [1.165, 1.54) is 23.0 Å². The molecule has 182 valence electrons. The fourth-order valence-corrected chi connectivity index (χ4v) is 5.72. The Morgan fingerprint density at radius 3 is 2.56 bits per heavy atom. The van der Waals surface area contributed by atoms with Crippen LogP contribution < -0.4 is 4.90 Å². The number of fused-ring (bicyclic) bond motifs is 3. The van der Waals surface area contributed by atoms with Crippen molar-refractivity contribution >= 4 is 39.5 Å². The van der Waals surface area contributed by atoms with Crippen LogP contribution in [0.2, 0.25) is 0 Å². The van der Waals surface area contributed by atoms with Crippen LogP contribution in [0, 0.1) is 28.1 Å². The summed E-state index contributed by atoms with van der Waals surface area (Å²) in [6.45, 7) is 3.80. The summed E-state index contributed by atoms with van der Waals surface area (Å²) in [5.41, 5.74) is -3.70. The number of hydrogen-bond acceptors (Lipinski definition) is 8. The first-order valence-corrected chi connectivity index (χ1v) is 11.7. The van der Waals surface area contributed by atoms with Gasteiger partial charge >= 0.3 is 11.9 Å². The molecular formula is C26H21BrN4O5. The van der Waals surface area contributed by atoms with Crippen molar-refractivity contribution in [2.24, 2.45) is 5.41 Å². The molecule has 2 atom stereocenters. The molecule has 0 fully saturated rings. The highest BCUT2D eigenvalue weighted by Gasteiger charge is 2.74. The quantitative estimate of drug-likeness (QED) is 0.406. The molecule has 36 heavy (non-hydrogen) atoms. The van der Waals surface area contributed by atoms with E-state index in [2.05, 4.69) is 34.6 Å². The predicted octanol–water partition coefficient (Wildman–Crippen LogP) is 3.01. The standard InChI is InChI=1S/C26H21BrN4O5/c1-4-10-31-18-9-8-16(27)12-17(18)26(24(31)34)22(23(33)36-3)19(13-21(32)35-2)30-11-6-5-7-20(30)25(26,14-28)15-29/h4-9,11-12,20H,1,10,13H2,2-3H3/t20-,26-/m0/s1. The second kappa shape index (κ2) is 9.14. The van der Waals surface area contributed by atoms with Crippen LogP contribution in [0.1, 0.15) is 12.0 Å². The van der Waals surface area contributed by atoms with Gasteiger partial charge in [-0.05, 0) is 24.3 Å². The van der Waals surface area contributed by atoms with E-state index < -0.39 is 41.1 Å². The second-order valence-corrected chi connectivity index (χ2v) is 9.21. The summed E-state index contributed by atoms with van der Waals surface area (Å²) in [6, 6.07) is 8.23. The Kier molecular flexibility index (Phi) is 6.33. The number of nitrogens with zero attached hydrogens (tertiary/aromatic N) is 4. The summed E-state index contributed by atoms with van der Waals surface area (Å²) < 4.78 is 10.6. The number of halogens is 1. The zero-order valence-corrected chi connectivity index (χ0v) is 21.1. The third kappa shape index (κ3) is 3.08. The zero-order valence-electron chi connectivity index (χ0n) is 19.5. The van der Waals surface area contributed by atoms with Crippen LogP contribution in [-0.4, -0.2) is 49.6 Å². The van der Waals surface area contributed by atoms with Crippen molar-refractivity contribution < 1.29 is 23.9 Å². The number of rotatable bonds is 5. The van der Waals surface area contributed by atoms with E-state index in [0.717, 1.165) is 7.11 Å². The maximum atomic E-state index is 14.5. The number of ether oxygens (including phenoxy) is 2. The van der Waals surface area contributed by atoms with Gasteiger partial charge in [-0.3, -0.25) is 9.59 Å². The van der Waals surface area contributed by atoms with Gasteiger partial charge in [-0.15, -0.1) is 6.58 Å². The molecular weight excluding hydrogens is 528 g/mol. The molecule has 0 saturated carbocycles. The summed E-state index contributed by atoms with van der Waals surface area (Å²) >= 11 is 3.43. The first-order valence-electron chi connectivity index (χ1n) is 10.9. The van der Waals surface area contributed by atoms with Crippen LogP contribution in [0.3, 0.4) is 0 Å². The molecule has 10 heteroatoms. The van der Waals surface area contributed by atoms with Gasteiger partial charge in [-0.1, -0.05) is 34.2 Å². The summed E-state index contributed by atoms with van der Waals surface area (Å²) in [5, 5.41) is 21.4. The minimum Gasteiger partial charge on any atom is -0.469 e. The lowest BCUT2D eigenvalue weighted by Crippen LogP contribution is -2.65. The number of methoxy groups -OCH3 is 2. The van der Waals surface area contributed by atoms with Crippen LogP contribution in [0.25, 0.3) is 0 Å². The number of benzene rings is 1. The van der Waals surface area contributed by atoms with E-state index in [9.17, 15) is 24.9 Å². The van der Waals surface area contributed by atoms with Gasteiger partial charge in [0, 0.05) is 34.2 Å². The minimum absolute atomic E-state index is 0.0626. The highest BCUT2D eigenvalue weighted by Crippen LogP contribution is 2.62. The Morgan fingerprint density at radius 1 is 1.22 bits per heavy atom. The van der Waals surface area contributed by atoms with Crippen molar-refractivity contribution in [3.8, 4) is 12.1 Å². The first-order chi connectivity index (χ1) is 17.3. The Morgan fingerprint density at radius 2 is 1.94 bits per heavy atom. The summed E-state index contributed by atoms with van der Waals surface area (Å²) in [6.07, 6.45) is 7.58. The van der Waals surface area contributed by atoms with Gasteiger partial charge in [0.25, 0.3) is 0 Å². The number of esters is 2. The number of anilines is 1. The van der Waals surface area contributed by atoms with Crippen molar-refractivity contribution in [2.75, 3.05) is 25.7 Å². The second-order valence-electron chi connectivity index (χ2n) is 8.29. The maximum absolute atomic E-state index is 14.5. The Bertz CT molecular complexity index is 1350. The highest BCUT2D eigenvalue weighted by molar-refractivity contribution is 9.10. The smallest absolute Gasteiger partial charge is 0.337 e. The molecule has 9 nitrogen and oxygen atoms in total. The van der Waals surface area contributed by atoms with Crippen LogP contribution in [-0.2, 0) is 29.3 Å². The van der Waals surface area contributed by atoms with Crippen molar-refractivity contribution in [1.29, 1.82) is 10.5 Å². The van der Waals surface area contributed by atoms with Crippen LogP contribution in [0.5, 0.6) is 0 Å². The molecule has 3 aliphatic rings. The molecule has 0 aromatic heterocycles. The SMILES string of the molecule is C=CCN1C(=O)[C@@]2(C(C(=O)OC)=C(CC(=O)OC)N3C=CC=C[C@H]3C2(C#N)C#N)c2cc(Br)ccc21. The van der Waals surface area contributed by atoms with Crippen molar-refractivity contribution in [2.45, 2.75) is 17.9 Å². The van der Waals surface area contributed by atoms with Crippen molar-refractivity contribution in [3.05, 3.63) is 76.6 Å². The third-order valence-corrected chi connectivity index (χ3v) is 7.27. The van der Waals surface area contributed by atoms with E-state index in [1.807, 2.05) is 0 Å². The van der Waals surface area contributed by atoms with E-state index in [-0.39, 0.29) is 23.4 Å². The van der Waals surface area contributed by atoms with Crippen LogP contribution in [0.15, 0.2) is 71.0 Å². The molecule has 3 aliphatic heterocycles. The highest BCUT2D eigenvalue weighted by atomic mass is 79.9. The lowest BCUT2D eigenvalue weighted by atomic mass is 9.52. The zero-order chi connectivity index (χ0) is 26.3. The Balaban J connectivity index is 2.27. The molecule has 1 amide bonds. The third-order valence-electron chi connectivity index (χ3n) is 6.77. The van der Waals surface area contributed by atoms with E-state index >= 15 is 0 Å². The van der Waals surface area contributed by atoms with Gasteiger partial charge in [-0.25, -0.2) is 4.79 Å². The van der Waals surface area contributed by atoms with E-state index in [4.69, 9.17) is 9.47 Å². The Hall–Kier alpha value is -4.15. The first kappa shape index (κ1) is 25.0. The van der Waals surface area contributed by atoms with Crippen LogP contribution in [0.4, 0.5) is 5.69 Å². The number of carbonyl (C=O) groups is 3. The summed E-state index contributed by atoms with van der Waals surface area (Å²) in [5.74, 6) is -2.28. The molecule has 1 spiro atoms. The number of nitriles is 2. The summed E-state index contributed by atoms with van der Waals surface area (Å²) in [4.78, 5) is 43.5. The number of carbonyl (C=O) groups excluding carboxylic acids is 3. The van der Waals surface area contributed by atoms with E-state index in [0.29, 0.717) is 10.2 Å². The lowest BCUT2D eigenvalue weighted by molar-refractivity contribution is -0.142. The van der Waals surface area contributed by atoms with Gasteiger partial charge in [-0.2, -0.15) is 10.5 Å². The predicted molar refractivity (Wildman–Crippen MR) is 132 cm³/mol. The topological polar surface area (TPSA) is 124 Å². The molecule has 1 aromatic rings.